The van der Waals surface area contributed by atoms with Gasteiger partial charge in [-0.05, 0) is 18.2 Å². The summed E-state index contributed by atoms with van der Waals surface area (Å²) in [6.07, 6.45) is 0.147. The predicted molar refractivity (Wildman–Crippen MR) is 70.3 cm³/mol. The van der Waals surface area contributed by atoms with Crippen LogP contribution in [0.15, 0.2) is 18.2 Å². The van der Waals surface area contributed by atoms with Crippen molar-refractivity contribution >= 4 is 34.5 Å². The Kier molecular flexibility index (Phi) is 2.41. The van der Waals surface area contributed by atoms with E-state index >= 15 is 0 Å². The van der Waals surface area contributed by atoms with Crippen molar-refractivity contribution in [1.82, 2.24) is 14.9 Å². The summed E-state index contributed by atoms with van der Waals surface area (Å²) < 4.78 is 0. The summed E-state index contributed by atoms with van der Waals surface area (Å²) >= 11 is 0. The standard InChI is InChI=1S/C12H13N5O2/c1-17-10(18)5-9(11(17)19)16-12-14-7-3-2-6(13)4-8(7)15-12/h2-4,9H,5,13H2,1H3,(H2,14,15,16). The predicted octanol–water partition coefficient (Wildman–Crippen LogP) is 0.314. The van der Waals surface area contributed by atoms with E-state index in [2.05, 4.69) is 15.3 Å². The Bertz CT molecular complexity index is 678. The maximum atomic E-state index is 11.8. The zero-order valence-electron chi connectivity index (χ0n) is 10.3. The molecule has 3 rings (SSSR count). The highest BCUT2D eigenvalue weighted by Crippen LogP contribution is 2.20. The Balaban J connectivity index is 1.86. The number of carbonyl (C=O) groups is 2. The lowest BCUT2D eigenvalue weighted by Crippen LogP contribution is -2.32. The molecule has 98 valence electrons. The molecular weight excluding hydrogens is 246 g/mol. The summed E-state index contributed by atoms with van der Waals surface area (Å²) in [6.45, 7) is 0. The van der Waals surface area contributed by atoms with Gasteiger partial charge in [0.15, 0.2) is 0 Å². The van der Waals surface area contributed by atoms with Gasteiger partial charge in [0.1, 0.15) is 6.04 Å². The molecule has 1 unspecified atom stereocenters. The molecule has 1 aromatic carbocycles. The van der Waals surface area contributed by atoms with Crippen LogP contribution in [0.4, 0.5) is 11.6 Å². The normalized spacial score (nSPS) is 19.4. The van der Waals surface area contributed by atoms with Gasteiger partial charge in [-0.15, -0.1) is 0 Å². The van der Waals surface area contributed by atoms with E-state index in [-0.39, 0.29) is 18.2 Å². The van der Waals surface area contributed by atoms with Crippen LogP contribution in [0.5, 0.6) is 0 Å². The van der Waals surface area contributed by atoms with Crippen molar-refractivity contribution in [1.29, 1.82) is 0 Å². The van der Waals surface area contributed by atoms with Gasteiger partial charge in [-0.1, -0.05) is 0 Å². The number of nitrogens with one attached hydrogen (secondary N) is 2. The SMILES string of the molecule is CN1C(=O)CC(Nc2nc3ccc(N)cc3[nH]2)C1=O. The minimum Gasteiger partial charge on any atom is -0.399 e. The molecule has 1 aliphatic heterocycles. The monoisotopic (exact) mass is 259 g/mol. The van der Waals surface area contributed by atoms with E-state index < -0.39 is 6.04 Å². The average Bonchev–Trinajstić information content (AvgIpc) is 2.86. The molecule has 1 aliphatic rings. The van der Waals surface area contributed by atoms with Crippen molar-refractivity contribution in [2.24, 2.45) is 0 Å². The number of H-pyrrole nitrogens is 1. The van der Waals surface area contributed by atoms with Crippen molar-refractivity contribution in [3.63, 3.8) is 0 Å². The van der Waals surface area contributed by atoms with Gasteiger partial charge >= 0.3 is 0 Å². The van der Waals surface area contributed by atoms with Gasteiger partial charge in [0.2, 0.25) is 11.9 Å². The molecule has 2 amide bonds. The van der Waals surface area contributed by atoms with Crippen LogP contribution < -0.4 is 11.1 Å². The van der Waals surface area contributed by atoms with Gasteiger partial charge in [-0.2, -0.15) is 0 Å². The van der Waals surface area contributed by atoms with Crippen LogP contribution in [0.3, 0.4) is 0 Å². The number of nitrogens with zero attached hydrogens (tertiary/aromatic N) is 2. The summed E-state index contributed by atoms with van der Waals surface area (Å²) in [4.78, 5) is 31.6. The molecule has 0 radical (unpaired) electrons. The quantitative estimate of drug-likeness (QED) is 0.532. The summed E-state index contributed by atoms with van der Waals surface area (Å²) in [6, 6.07) is 4.75. The van der Waals surface area contributed by atoms with Crippen molar-refractivity contribution in [2.75, 3.05) is 18.1 Å². The number of rotatable bonds is 2. The highest BCUT2D eigenvalue weighted by molar-refractivity contribution is 6.06. The maximum absolute atomic E-state index is 11.8. The van der Waals surface area contributed by atoms with Crippen LogP contribution >= 0.6 is 0 Å². The molecule has 0 bridgehead atoms. The molecule has 7 heteroatoms. The Morgan fingerprint density at radius 3 is 2.95 bits per heavy atom. The fourth-order valence-electron chi connectivity index (χ4n) is 2.13. The molecule has 1 fully saturated rings. The van der Waals surface area contributed by atoms with Crippen molar-refractivity contribution in [3.8, 4) is 0 Å². The molecule has 0 aliphatic carbocycles. The highest BCUT2D eigenvalue weighted by atomic mass is 16.2. The first-order valence-corrected chi connectivity index (χ1v) is 5.87. The van der Waals surface area contributed by atoms with Crippen LogP contribution in [-0.4, -0.2) is 39.8 Å². The van der Waals surface area contributed by atoms with Crippen molar-refractivity contribution in [2.45, 2.75) is 12.5 Å². The summed E-state index contributed by atoms with van der Waals surface area (Å²) in [5.74, 6) is 0.0230. The number of aromatic amines is 1. The lowest BCUT2D eigenvalue weighted by atomic mass is 10.2. The smallest absolute Gasteiger partial charge is 0.252 e. The number of imidazole rings is 1. The van der Waals surface area contributed by atoms with Crippen molar-refractivity contribution < 1.29 is 9.59 Å². The molecule has 19 heavy (non-hydrogen) atoms. The van der Waals surface area contributed by atoms with Crippen molar-refractivity contribution in [3.05, 3.63) is 18.2 Å². The molecule has 2 aromatic rings. The number of fused-ring (bicyclic) bond motifs is 1. The Labute approximate surface area is 108 Å². The average molecular weight is 259 g/mol. The number of carbonyl (C=O) groups excluding carboxylic acids is 2. The molecule has 4 N–H and O–H groups in total. The first-order chi connectivity index (χ1) is 9.04. The molecular formula is C12H13N5O2. The molecule has 2 heterocycles. The fourth-order valence-corrected chi connectivity index (χ4v) is 2.13. The lowest BCUT2D eigenvalue weighted by Gasteiger charge is -2.09. The Morgan fingerprint density at radius 1 is 1.47 bits per heavy atom. The minimum absolute atomic E-state index is 0.147. The number of hydrogen-bond acceptors (Lipinski definition) is 5. The van der Waals surface area contributed by atoms with Gasteiger partial charge in [0.05, 0.1) is 17.5 Å². The van der Waals surface area contributed by atoms with Gasteiger partial charge in [0, 0.05) is 12.7 Å². The number of hydrogen-bond donors (Lipinski definition) is 3. The van der Waals surface area contributed by atoms with Crippen LogP contribution in [0.1, 0.15) is 6.42 Å². The van der Waals surface area contributed by atoms with Crippen LogP contribution in [0.2, 0.25) is 0 Å². The maximum Gasteiger partial charge on any atom is 0.252 e. The van der Waals surface area contributed by atoms with Crippen LogP contribution in [0.25, 0.3) is 11.0 Å². The molecule has 7 nitrogen and oxygen atoms in total. The summed E-state index contributed by atoms with van der Waals surface area (Å²) in [5, 5.41) is 2.94. The van der Waals surface area contributed by atoms with Crippen LogP contribution in [-0.2, 0) is 9.59 Å². The highest BCUT2D eigenvalue weighted by Gasteiger charge is 2.36. The van der Waals surface area contributed by atoms with E-state index in [0.29, 0.717) is 11.6 Å². The topological polar surface area (TPSA) is 104 Å². The third-order valence-electron chi connectivity index (χ3n) is 3.20. The largest absolute Gasteiger partial charge is 0.399 e. The lowest BCUT2D eigenvalue weighted by molar-refractivity contribution is -0.136. The second-order valence-corrected chi connectivity index (χ2v) is 4.55. The van der Waals surface area contributed by atoms with E-state index in [0.717, 1.165) is 15.9 Å². The number of likely N-dealkylation sites (N-methyl/N-ethyl adjacent to an activating group) is 1. The minimum atomic E-state index is -0.560. The third-order valence-corrected chi connectivity index (χ3v) is 3.20. The van der Waals surface area contributed by atoms with Crippen LogP contribution in [0, 0.1) is 0 Å². The van der Waals surface area contributed by atoms with Gasteiger partial charge in [-0.25, -0.2) is 4.98 Å². The van der Waals surface area contributed by atoms with Gasteiger partial charge in [-0.3, -0.25) is 14.5 Å². The summed E-state index contributed by atoms with van der Waals surface area (Å²) in [7, 11) is 1.48. The zero-order chi connectivity index (χ0) is 13.6. The second kappa shape index (κ2) is 3.98. The Hall–Kier alpha value is -2.57. The Morgan fingerprint density at radius 2 is 2.26 bits per heavy atom. The summed E-state index contributed by atoms with van der Waals surface area (Å²) in [5.41, 5.74) is 7.85. The van der Waals surface area contributed by atoms with Gasteiger partial charge in [0.25, 0.3) is 5.91 Å². The molecule has 0 saturated carbocycles. The second-order valence-electron chi connectivity index (χ2n) is 4.55. The number of imide groups is 1. The van der Waals surface area contributed by atoms with E-state index in [1.807, 2.05) is 0 Å². The number of amides is 2. The van der Waals surface area contributed by atoms with E-state index in [9.17, 15) is 9.59 Å². The number of nitrogen functional groups attached to an aromatic ring is 1. The van der Waals surface area contributed by atoms with E-state index in [4.69, 9.17) is 5.73 Å². The van der Waals surface area contributed by atoms with E-state index in [1.165, 1.54) is 7.05 Å². The molecule has 0 spiro atoms. The number of anilines is 2. The van der Waals surface area contributed by atoms with E-state index in [1.54, 1.807) is 18.2 Å². The van der Waals surface area contributed by atoms with Gasteiger partial charge < -0.3 is 16.0 Å². The number of aromatic nitrogens is 2. The first kappa shape index (κ1) is 11.5. The fraction of sp³-hybridized carbons (Fsp3) is 0.250. The number of benzene rings is 1. The third kappa shape index (κ3) is 1.88. The zero-order valence-corrected chi connectivity index (χ0v) is 10.3. The molecule has 1 aromatic heterocycles. The molecule has 1 saturated heterocycles. The number of likely N-dealkylation sites (tertiary alicyclic amines) is 1. The first-order valence-electron chi connectivity index (χ1n) is 5.87. The molecule has 1 atom stereocenters. The number of nitrogens with two attached hydrogens (primary N) is 1.